The van der Waals surface area contributed by atoms with Crippen LogP contribution in [0.2, 0.25) is 0 Å². The Labute approximate surface area is 412 Å². The molecule has 0 unspecified atom stereocenters. The van der Waals surface area contributed by atoms with Crippen molar-refractivity contribution in [2.45, 2.75) is 105 Å². The molecule has 10 aromatic rings. The lowest BCUT2D eigenvalue weighted by molar-refractivity contribution is 0.590. The van der Waals surface area contributed by atoms with E-state index in [-0.39, 0.29) is 21.7 Å². The van der Waals surface area contributed by atoms with Crippen molar-refractivity contribution in [1.29, 1.82) is 0 Å². The van der Waals surface area contributed by atoms with Crippen LogP contribution in [0.25, 0.3) is 113 Å². The Morgan fingerprint density at radius 2 is 0.433 bits per heavy atom. The van der Waals surface area contributed by atoms with Gasteiger partial charge in [0.05, 0.1) is 22.1 Å². The Kier molecular flexibility index (Phi) is 9.52. The van der Waals surface area contributed by atoms with Crippen LogP contribution >= 0.6 is 56.7 Å². The monoisotopic (exact) mass is 962 g/mol. The van der Waals surface area contributed by atoms with E-state index < -0.39 is 0 Å². The fourth-order valence-electron chi connectivity index (χ4n) is 9.61. The molecule has 2 nitrogen and oxygen atoms in total. The second kappa shape index (κ2) is 14.7. The van der Waals surface area contributed by atoms with Crippen molar-refractivity contribution in [2.75, 3.05) is 0 Å². The average Bonchev–Trinajstić information content (AvgIpc) is 4.12. The van der Waals surface area contributed by atoms with Crippen molar-refractivity contribution in [3.8, 4) is 22.3 Å². The van der Waals surface area contributed by atoms with Crippen molar-refractivity contribution in [3.05, 3.63) is 131 Å². The van der Waals surface area contributed by atoms with Crippen LogP contribution in [0.4, 0.5) is 0 Å². The van der Waals surface area contributed by atoms with E-state index >= 15 is 0 Å². The van der Waals surface area contributed by atoms with E-state index in [0.29, 0.717) is 0 Å². The minimum atomic E-state index is -0.0469. The largest absolute Gasteiger partial charge is 0.246 e. The van der Waals surface area contributed by atoms with E-state index in [1.807, 2.05) is 56.7 Å². The summed E-state index contributed by atoms with van der Waals surface area (Å²) >= 11 is 9.43. The van der Waals surface area contributed by atoms with Gasteiger partial charge in [0.25, 0.3) is 0 Å². The van der Waals surface area contributed by atoms with Gasteiger partial charge < -0.3 is 0 Å². The quantitative estimate of drug-likeness (QED) is 0.151. The topological polar surface area (TPSA) is 25.8 Å². The average molecular weight is 963 g/mol. The van der Waals surface area contributed by atoms with Gasteiger partial charge in [0.2, 0.25) is 0 Å². The maximum Gasteiger partial charge on any atom is 0.0803 e. The third-order valence-electron chi connectivity index (χ3n) is 13.8. The molecule has 0 saturated heterocycles. The molecule has 67 heavy (non-hydrogen) atoms. The molecular formula is C60H54N2S5. The summed E-state index contributed by atoms with van der Waals surface area (Å²) in [4.78, 5) is 11.3. The molecule has 0 amide bonds. The first-order valence-electron chi connectivity index (χ1n) is 23.4. The summed E-state index contributed by atoms with van der Waals surface area (Å²) in [7, 11) is 0. The number of thiophene rings is 5. The van der Waals surface area contributed by atoms with Crippen LogP contribution in [-0.2, 0) is 21.7 Å². The zero-order valence-electron chi connectivity index (χ0n) is 40.3. The Bertz CT molecular complexity index is 3820. The van der Waals surface area contributed by atoms with Gasteiger partial charge in [0, 0.05) is 90.8 Å². The fourth-order valence-corrected chi connectivity index (χ4v) is 15.0. The van der Waals surface area contributed by atoms with Gasteiger partial charge >= 0.3 is 0 Å². The SMILES string of the molecule is CC(C)(C)c1cc2c3nc4c-2cc(C(C)(C)C)cc4c2ccc(s2)c2ccc(s2)c2cc(C(C)(C)C)cc4c2nc2c-4cc(C(C)(C)C)cc2c2ccc(s2)c2ccc(s2)c2ccc(s2)c3c1. The van der Waals surface area contributed by atoms with Crippen LogP contribution in [-0.4, -0.2) is 9.97 Å². The predicted octanol–water partition coefficient (Wildman–Crippen LogP) is 20.2. The minimum Gasteiger partial charge on any atom is -0.246 e. The third kappa shape index (κ3) is 7.17. The van der Waals surface area contributed by atoms with Crippen LogP contribution in [0.5, 0.6) is 0 Å². The maximum atomic E-state index is 5.67. The normalized spacial score (nSPS) is 13.4. The third-order valence-corrected chi connectivity index (χ3v) is 19.9. The summed E-state index contributed by atoms with van der Waals surface area (Å²) in [5.74, 6) is 0. The molecule has 0 saturated carbocycles. The van der Waals surface area contributed by atoms with E-state index in [4.69, 9.17) is 9.97 Å². The van der Waals surface area contributed by atoms with E-state index in [1.165, 1.54) is 113 Å². The van der Waals surface area contributed by atoms with Gasteiger partial charge in [-0.15, -0.1) is 56.7 Å². The van der Waals surface area contributed by atoms with Gasteiger partial charge in [-0.25, -0.2) is 9.97 Å². The molecule has 2 aliphatic rings. The van der Waals surface area contributed by atoms with E-state index in [2.05, 4.69) is 192 Å². The standard InChI is InChI=1S/C60H54N2S5/c1-57(2,3)31-23-35-37-25-33(59(7,8)9)29-41-45-15-19-49(65-45)51-21-22-52(67-51)50-20-16-46(66-50)42-30-34(60(10,11)12)26-38-36-24-32(58(4,5)6)28-40(54(36)62-56(38)42)44-14-18-48(64-44)47-17-13-43(63-47)39(27-31)53(35)61-55(37)41/h13-30H,1-12H3. The van der Waals surface area contributed by atoms with E-state index in [1.54, 1.807) is 0 Å². The van der Waals surface area contributed by atoms with Crippen LogP contribution in [0.15, 0.2) is 109 Å². The molecule has 0 spiro atoms. The maximum absolute atomic E-state index is 5.67. The van der Waals surface area contributed by atoms with Crippen LogP contribution in [0, 0.1) is 0 Å². The van der Waals surface area contributed by atoms with Crippen LogP contribution < -0.4 is 0 Å². The molecule has 0 atom stereocenters. The number of benzene rings is 4. The number of hydrogen-bond acceptors (Lipinski definition) is 7. The highest BCUT2D eigenvalue weighted by Crippen LogP contribution is 2.48. The second-order valence-corrected chi connectivity index (χ2v) is 28.1. The Balaban J connectivity index is 1.25. The van der Waals surface area contributed by atoms with Crippen molar-refractivity contribution >= 4 is 147 Å². The fraction of sp³-hybridized carbons (Fsp3) is 0.267. The Morgan fingerprint density at radius 1 is 0.254 bits per heavy atom. The summed E-state index contributed by atoms with van der Waals surface area (Å²) in [5, 5.41) is 4.87. The summed E-state index contributed by atoms with van der Waals surface area (Å²) in [5.41, 5.74) is 14.5. The first-order valence-corrected chi connectivity index (χ1v) is 27.4. The minimum absolute atomic E-state index is 0.0393. The molecular weight excluding hydrogens is 909 g/mol. The number of nitrogens with zero attached hydrogens (tertiary/aromatic N) is 2. The van der Waals surface area contributed by atoms with Crippen LogP contribution in [0.3, 0.4) is 0 Å². The number of rotatable bonds is 0. The van der Waals surface area contributed by atoms with Crippen LogP contribution in [0.1, 0.15) is 105 Å². The molecule has 12 rings (SSSR count). The Morgan fingerprint density at radius 3 is 0.627 bits per heavy atom. The molecule has 0 radical (unpaired) electrons. The molecule has 14 bridgehead atoms. The van der Waals surface area contributed by atoms with Crippen molar-refractivity contribution < 1.29 is 0 Å². The smallest absolute Gasteiger partial charge is 0.0803 e. The lowest BCUT2D eigenvalue weighted by Gasteiger charge is -2.22. The first kappa shape index (κ1) is 43.3. The van der Waals surface area contributed by atoms with E-state index in [9.17, 15) is 0 Å². The molecule has 6 aromatic heterocycles. The summed E-state index contributed by atoms with van der Waals surface area (Å²) in [6.45, 7) is 28.0. The molecule has 0 aliphatic carbocycles. The highest BCUT2D eigenvalue weighted by Gasteiger charge is 2.27. The number of aromatic nitrogens is 2. The van der Waals surface area contributed by atoms with Gasteiger partial charge in [0.1, 0.15) is 0 Å². The molecule has 0 fully saturated rings. The van der Waals surface area contributed by atoms with Gasteiger partial charge in [-0.1, -0.05) is 83.1 Å². The first-order chi connectivity index (χ1) is 31.7. The van der Waals surface area contributed by atoms with E-state index in [0.717, 1.165) is 22.1 Å². The predicted molar refractivity (Wildman–Crippen MR) is 303 cm³/mol. The summed E-state index contributed by atoms with van der Waals surface area (Å²) < 4.78 is 12.7. The molecule has 8 heterocycles. The summed E-state index contributed by atoms with van der Waals surface area (Å²) in [6.07, 6.45) is 0. The molecule has 0 N–H and O–H groups in total. The zero-order chi connectivity index (χ0) is 46.7. The van der Waals surface area contributed by atoms with Crippen molar-refractivity contribution in [1.82, 2.24) is 9.97 Å². The highest BCUT2D eigenvalue weighted by molar-refractivity contribution is 7.34. The molecule has 7 heteroatoms. The highest BCUT2D eigenvalue weighted by atomic mass is 32.1. The van der Waals surface area contributed by atoms with Gasteiger partial charge in [-0.05, 0) is 153 Å². The van der Waals surface area contributed by atoms with Gasteiger partial charge in [-0.2, -0.15) is 0 Å². The second-order valence-electron chi connectivity index (χ2n) is 22.7. The van der Waals surface area contributed by atoms with Gasteiger partial charge in [-0.3, -0.25) is 0 Å². The van der Waals surface area contributed by atoms with Crippen molar-refractivity contribution in [3.63, 3.8) is 0 Å². The molecule has 334 valence electrons. The molecule has 4 aromatic carbocycles. The number of hydrogen-bond donors (Lipinski definition) is 0. The van der Waals surface area contributed by atoms with Crippen molar-refractivity contribution in [2.24, 2.45) is 0 Å². The van der Waals surface area contributed by atoms with Gasteiger partial charge in [0.15, 0.2) is 0 Å². The summed E-state index contributed by atoms with van der Waals surface area (Å²) in [6, 6.07) is 42.7. The number of fused-ring (bicyclic) bond motifs is 19. The lowest BCUT2D eigenvalue weighted by Crippen LogP contribution is -2.11. The Hall–Kier alpha value is -5.02. The zero-order valence-corrected chi connectivity index (χ0v) is 44.4. The lowest BCUT2D eigenvalue weighted by atomic mass is 9.82. The molecule has 2 aliphatic heterocycles.